The average Bonchev–Trinajstić information content (AvgIpc) is 2.76. The zero-order valence-electron chi connectivity index (χ0n) is 16.3. The lowest BCUT2D eigenvalue weighted by molar-refractivity contribution is 0.102. The summed E-state index contributed by atoms with van der Waals surface area (Å²) in [6, 6.07) is 24.2. The minimum Gasteiger partial charge on any atom is -0.324 e. The second-order valence-electron chi connectivity index (χ2n) is 6.79. The van der Waals surface area contributed by atoms with Gasteiger partial charge in [0.05, 0.1) is 5.69 Å². The van der Waals surface area contributed by atoms with Gasteiger partial charge in [0.15, 0.2) is 0 Å². The van der Waals surface area contributed by atoms with Crippen molar-refractivity contribution in [3.05, 3.63) is 101 Å². The van der Waals surface area contributed by atoms with Crippen LogP contribution in [-0.2, 0) is 0 Å². The number of rotatable bonds is 5. The van der Waals surface area contributed by atoms with E-state index < -0.39 is 0 Å². The fourth-order valence-electron chi connectivity index (χ4n) is 2.87. The third kappa shape index (κ3) is 4.82. The molecule has 2 N–H and O–H groups in total. The van der Waals surface area contributed by atoms with Gasteiger partial charge >= 0.3 is 0 Å². The predicted molar refractivity (Wildman–Crippen MR) is 121 cm³/mol. The molecule has 3 aromatic carbocycles. The van der Waals surface area contributed by atoms with Gasteiger partial charge in [-0.2, -0.15) is 0 Å². The van der Waals surface area contributed by atoms with Gasteiger partial charge in [0.25, 0.3) is 5.91 Å². The van der Waals surface area contributed by atoms with E-state index in [1.54, 1.807) is 18.3 Å². The van der Waals surface area contributed by atoms with Crippen molar-refractivity contribution in [2.24, 2.45) is 0 Å². The lowest BCUT2D eigenvalue weighted by atomic mass is 10.1. The van der Waals surface area contributed by atoms with E-state index in [1.165, 1.54) is 0 Å². The van der Waals surface area contributed by atoms with Gasteiger partial charge in [-0.15, -0.1) is 0 Å². The summed E-state index contributed by atoms with van der Waals surface area (Å²) in [4.78, 5) is 21.2. The lowest BCUT2D eigenvalue weighted by Gasteiger charge is -2.09. The van der Waals surface area contributed by atoms with Crippen LogP contribution in [-0.4, -0.2) is 15.9 Å². The highest BCUT2D eigenvalue weighted by Crippen LogP contribution is 2.22. The molecule has 0 aliphatic carbocycles. The molecule has 30 heavy (non-hydrogen) atoms. The van der Waals surface area contributed by atoms with Crippen LogP contribution >= 0.6 is 11.6 Å². The van der Waals surface area contributed by atoms with Gasteiger partial charge in [-0.25, -0.2) is 9.97 Å². The van der Waals surface area contributed by atoms with Crippen LogP contribution in [0, 0.1) is 6.92 Å². The van der Waals surface area contributed by atoms with Crippen molar-refractivity contribution in [3.63, 3.8) is 0 Å². The van der Waals surface area contributed by atoms with Crippen LogP contribution in [0.3, 0.4) is 0 Å². The number of hydrogen-bond donors (Lipinski definition) is 2. The Morgan fingerprint density at radius 3 is 2.20 bits per heavy atom. The second-order valence-corrected chi connectivity index (χ2v) is 7.23. The molecular formula is C24H19ClN4O. The molecule has 6 heteroatoms. The van der Waals surface area contributed by atoms with Gasteiger partial charge in [-0.3, -0.25) is 4.79 Å². The van der Waals surface area contributed by atoms with Crippen LogP contribution in [0.15, 0.2) is 85.1 Å². The largest absolute Gasteiger partial charge is 0.324 e. The van der Waals surface area contributed by atoms with Crippen molar-refractivity contribution >= 4 is 34.8 Å². The van der Waals surface area contributed by atoms with E-state index >= 15 is 0 Å². The SMILES string of the molecule is Cc1ccc(NC(=O)c2ccc(Nc3nccc(-c4ccc(Cl)cc4)n3)cc2)cc1. The molecule has 0 aliphatic heterocycles. The first kappa shape index (κ1) is 19.6. The number of carbonyl (C=O) groups is 1. The third-order valence-electron chi connectivity index (χ3n) is 4.51. The average molecular weight is 415 g/mol. The molecule has 0 radical (unpaired) electrons. The molecule has 5 nitrogen and oxygen atoms in total. The number of carbonyl (C=O) groups excluding carboxylic acids is 1. The minimum absolute atomic E-state index is 0.161. The number of nitrogens with one attached hydrogen (secondary N) is 2. The highest BCUT2D eigenvalue weighted by molar-refractivity contribution is 6.30. The molecule has 0 unspecified atom stereocenters. The maximum Gasteiger partial charge on any atom is 0.255 e. The first-order valence-electron chi connectivity index (χ1n) is 9.41. The number of benzene rings is 3. The van der Waals surface area contributed by atoms with Gasteiger partial charge in [0, 0.05) is 33.7 Å². The van der Waals surface area contributed by atoms with E-state index in [9.17, 15) is 4.79 Å². The minimum atomic E-state index is -0.161. The zero-order valence-corrected chi connectivity index (χ0v) is 17.0. The summed E-state index contributed by atoms with van der Waals surface area (Å²) in [5.41, 5.74) is 5.00. The highest BCUT2D eigenvalue weighted by atomic mass is 35.5. The normalized spacial score (nSPS) is 10.5. The van der Waals surface area contributed by atoms with Crippen molar-refractivity contribution < 1.29 is 4.79 Å². The molecule has 148 valence electrons. The molecule has 0 bridgehead atoms. The molecule has 0 atom stereocenters. The highest BCUT2D eigenvalue weighted by Gasteiger charge is 2.07. The van der Waals surface area contributed by atoms with E-state index in [4.69, 9.17) is 11.6 Å². The standard InChI is InChI=1S/C24H19ClN4O/c1-16-2-10-20(11-3-16)27-23(30)18-6-12-21(13-7-18)28-24-26-15-14-22(29-24)17-4-8-19(25)9-5-17/h2-15H,1H3,(H,27,30)(H,26,28,29). The monoisotopic (exact) mass is 414 g/mol. The van der Waals surface area contributed by atoms with Crippen molar-refractivity contribution in [1.82, 2.24) is 9.97 Å². The number of hydrogen-bond acceptors (Lipinski definition) is 4. The Labute approximate surface area is 179 Å². The number of aromatic nitrogens is 2. The zero-order chi connectivity index (χ0) is 20.9. The van der Waals surface area contributed by atoms with Crippen molar-refractivity contribution in [2.75, 3.05) is 10.6 Å². The van der Waals surface area contributed by atoms with E-state index in [1.807, 2.05) is 73.7 Å². The maximum absolute atomic E-state index is 12.4. The summed E-state index contributed by atoms with van der Waals surface area (Å²) in [7, 11) is 0. The molecule has 0 aliphatic rings. The molecule has 0 spiro atoms. The quantitative estimate of drug-likeness (QED) is 0.414. The first-order chi connectivity index (χ1) is 14.6. The summed E-state index contributed by atoms with van der Waals surface area (Å²) in [6.45, 7) is 2.01. The Morgan fingerprint density at radius 2 is 1.50 bits per heavy atom. The Morgan fingerprint density at radius 1 is 0.833 bits per heavy atom. The molecule has 4 rings (SSSR count). The van der Waals surface area contributed by atoms with Crippen LogP contribution in [0.5, 0.6) is 0 Å². The molecule has 0 saturated heterocycles. The summed E-state index contributed by atoms with van der Waals surface area (Å²) < 4.78 is 0. The fourth-order valence-corrected chi connectivity index (χ4v) is 3.00. The van der Waals surface area contributed by atoms with Gasteiger partial charge in [-0.1, -0.05) is 41.4 Å². The topological polar surface area (TPSA) is 66.9 Å². The van der Waals surface area contributed by atoms with E-state index in [0.29, 0.717) is 16.5 Å². The summed E-state index contributed by atoms with van der Waals surface area (Å²) >= 11 is 5.95. The Kier molecular flexibility index (Phi) is 5.72. The number of aryl methyl sites for hydroxylation is 1. The summed E-state index contributed by atoms with van der Waals surface area (Å²) in [6.07, 6.45) is 1.70. The van der Waals surface area contributed by atoms with Crippen LogP contribution in [0.2, 0.25) is 5.02 Å². The first-order valence-corrected chi connectivity index (χ1v) is 9.79. The summed E-state index contributed by atoms with van der Waals surface area (Å²) in [5.74, 6) is 0.311. The molecular weight excluding hydrogens is 396 g/mol. The van der Waals surface area contributed by atoms with Crippen LogP contribution in [0.4, 0.5) is 17.3 Å². The Balaban J connectivity index is 1.44. The van der Waals surface area contributed by atoms with Gasteiger partial charge in [0.2, 0.25) is 5.95 Å². The van der Waals surface area contributed by atoms with Crippen molar-refractivity contribution in [1.29, 1.82) is 0 Å². The smallest absolute Gasteiger partial charge is 0.255 e. The van der Waals surface area contributed by atoms with Gasteiger partial charge < -0.3 is 10.6 Å². The predicted octanol–water partition coefficient (Wildman–Crippen LogP) is 6.10. The van der Waals surface area contributed by atoms with Gasteiger partial charge in [0.1, 0.15) is 0 Å². The fraction of sp³-hybridized carbons (Fsp3) is 0.0417. The van der Waals surface area contributed by atoms with E-state index in [2.05, 4.69) is 20.6 Å². The van der Waals surface area contributed by atoms with Gasteiger partial charge in [-0.05, 0) is 61.5 Å². The Hall–Kier alpha value is -3.70. The summed E-state index contributed by atoms with van der Waals surface area (Å²) in [5, 5.41) is 6.74. The Bertz CT molecular complexity index is 1160. The van der Waals surface area contributed by atoms with E-state index in [0.717, 1.165) is 28.2 Å². The van der Waals surface area contributed by atoms with Crippen LogP contribution in [0.1, 0.15) is 15.9 Å². The molecule has 4 aromatic rings. The molecule has 1 aromatic heterocycles. The number of amides is 1. The molecule has 0 fully saturated rings. The molecule has 1 heterocycles. The maximum atomic E-state index is 12.4. The second kappa shape index (κ2) is 8.76. The number of halogens is 1. The van der Waals surface area contributed by atoms with E-state index in [-0.39, 0.29) is 5.91 Å². The van der Waals surface area contributed by atoms with Crippen molar-refractivity contribution in [3.8, 4) is 11.3 Å². The number of anilines is 3. The van der Waals surface area contributed by atoms with Crippen molar-refractivity contribution in [2.45, 2.75) is 6.92 Å². The van der Waals surface area contributed by atoms with Crippen LogP contribution < -0.4 is 10.6 Å². The molecule has 0 saturated carbocycles. The number of nitrogens with zero attached hydrogens (tertiary/aromatic N) is 2. The lowest BCUT2D eigenvalue weighted by Crippen LogP contribution is -2.11. The third-order valence-corrected chi connectivity index (χ3v) is 4.76. The van der Waals surface area contributed by atoms with Crippen LogP contribution in [0.25, 0.3) is 11.3 Å². The molecule has 1 amide bonds.